The SMILES string of the molecule is CC1=CNC(C)CC2=C1Cc1ccccc12. The van der Waals surface area contributed by atoms with Crippen LogP contribution in [0.5, 0.6) is 0 Å². The zero-order chi connectivity index (χ0) is 11.1. The van der Waals surface area contributed by atoms with Crippen molar-refractivity contribution in [1.29, 1.82) is 0 Å². The molecule has 1 heteroatoms. The highest BCUT2D eigenvalue weighted by molar-refractivity contribution is 5.80. The Morgan fingerprint density at radius 1 is 1.19 bits per heavy atom. The molecule has 2 aliphatic rings. The van der Waals surface area contributed by atoms with Gasteiger partial charge in [0, 0.05) is 6.04 Å². The summed E-state index contributed by atoms with van der Waals surface area (Å²) in [6.07, 6.45) is 4.43. The lowest BCUT2D eigenvalue weighted by atomic mass is 9.98. The first-order valence-corrected chi connectivity index (χ1v) is 5.99. The number of nitrogens with one attached hydrogen (secondary N) is 1. The number of benzene rings is 1. The van der Waals surface area contributed by atoms with Crippen molar-refractivity contribution in [2.45, 2.75) is 32.7 Å². The Morgan fingerprint density at radius 2 is 2.00 bits per heavy atom. The summed E-state index contributed by atoms with van der Waals surface area (Å²) in [4.78, 5) is 0. The minimum absolute atomic E-state index is 0.536. The van der Waals surface area contributed by atoms with Gasteiger partial charge in [0.15, 0.2) is 0 Å². The summed E-state index contributed by atoms with van der Waals surface area (Å²) >= 11 is 0. The Bertz CT molecular complexity index is 494. The molecule has 0 amide bonds. The summed E-state index contributed by atoms with van der Waals surface area (Å²) in [6, 6.07) is 9.36. The van der Waals surface area contributed by atoms with Crippen LogP contribution >= 0.6 is 0 Å². The number of allylic oxidation sites excluding steroid dienone is 2. The van der Waals surface area contributed by atoms with E-state index in [0.29, 0.717) is 6.04 Å². The molecule has 82 valence electrons. The molecule has 0 saturated carbocycles. The lowest BCUT2D eigenvalue weighted by Gasteiger charge is -2.12. The minimum Gasteiger partial charge on any atom is -0.388 e. The van der Waals surface area contributed by atoms with Crippen LogP contribution in [0.15, 0.2) is 41.6 Å². The van der Waals surface area contributed by atoms with Crippen LogP contribution < -0.4 is 5.32 Å². The summed E-state index contributed by atoms with van der Waals surface area (Å²) in [6.45, 7) is 4.47. The van der Waals surface area contributed by atoms with Gasteiger partial charge in [0.2, 0.25) is 0 Å². The molecule has 1 unspecified atom stereocenters. The van der Waals surface area contributed by atoms with Crippen molar-refractivity contribution in [3.63, 3.8) is 0 Å². The van der Waals surface area contributed by atoms with E-state index in [0.717, 1.165) is 12.8 Å². The third kappa shape index (κ3) is 1.39. The Balaban J connectivity index is 2.13. The van der Waals surface area contributed by atoms with Gasteiger partial charge >= 0.3 is 0 Å². The fourth-order valence-corrected chi connectivity index (χ4v) is 2.76. The van der Waals surface area contributed by atoms with E-state index in [9.17, 15) is 0 Å². The van der Waals surface area contributed by atoms with E-state index >= 15 is 0 Å². The predicted molar refractivity (Wildman–Crippen MR) is 68.0 cm³/mol. The average molecular weight is 211 g/mol. The Hall–Kier alpha value is -1.50. The second kappa shape index (κ2) is 3.51. The molecule has 1 aromatic carbocycles. The van der Waals surface area contributed by atoms with Gasteiger partial charge < -0.3 is 5.32 Å². The largest absolute Gasteiger partial charge is 0.388 e. The minimum atomic E-state index is 0.536. The average Bonchev–Trinajstić information content (AvgIpc) is 2.59. The van der Waals surface area contributed by atoms with Crippen LogP contribution in [0.3, 0.4) is 0 Å². The zero-order valence-electron chi connectivity index (χ0n) is 9.88. The van der Waals surface area contributed by atoms with Crippen molar-refractivity contribution < 1.29 is 0 Å². The Labute approximate surface area is 96.9 Å². The molecule has 0 saturated heterocycles. The molecular formula is C15H17N. The van der Waals surface area contributed by atoms with Crippen molar-refractivity contribution in [1.82, 2.24) is 5.32 Å². The summed E-state index contributed by atoms with van der Waals surface area (Å²) in [5.74, 6) is 0. The molecule has 0 bridgehead atoms. The molecule has 16 heavy (non-hydrogen) atoms. The third-order valence-corrected chi connectivity index (χ3v) is 3.64. The molecule has 1 nitrogen and oxygen atoms in total. The smallest absolute Gasteiger partial charge is 0.0268 e. The second-order valence-electron chi connectivity index (χ2n) is 4.89. The third-order valence-electron chi connectivity index (χ3n) is 3.64. The topological polar surface area (TPSA) is 12.0 Å². The molecular weight excluding hydrogens is 194 g/mol. The number of fused-ring (bicyclic) bond motifs is 2. The van der Waals surface area contributed by atoms with Crippen LogP contribution in [0.25, 0.3) is 5.57 Å². The van der Waals surface area contributed by atoms with Crippen LogP contribution in [0.2, 0.25) is 0 Å². The van der Waals surface area contributed by atoms with Crippen LogP contribution in [0.1, 0.15) is 31.4 Å². The summed E-state index contributed by atoms with van der Waals surface area (Å²) in [5.41, 5.74) is 7.46. The maximum Gasteiger partial charge on any atom is 0.0268 e. The van der Waals surface area contributed by atoms with Crippen molar-refractivity contribution in [2.24, 2.45) is 0 Å². The maximum atomic E-state index is 3.45. The highest BCUT2D eigenvalue weighted by atomic mass is 14.9. The quantitative estimate of drug-likeness (QED) is 0.694. The van der Waals surface area contributed by atoms with E-state index in [1.165, 1.54) is 22.3 Å². The molecule has 3 rings (SSSR count). The first-order chi connectivity index (χ1) is 7.75. The number of hydrogen-bond donors (Lipinski definition) is 1. The van der Waals surface area contributed by atoms with Crippen LogP contribution in [-0.4, -0.2) is 6.04 Å². The van der Waals surface area contributed by atoms with Crippen LogP contribution in [0, 0.1) is 0 Å². The van der Waals surface area contributed by atoms with E-state index in [-0.39, 0.29) is 0 Å². The van der Waals surface area contributed by atoms with Crippen LogP contribution in [0.4, 0.5) is 0 Å². The zero-order valence-corrected chi connectivity index (χ0v) is 9.88. The van der Waals surface area contributed by atoms with Crippen molar-refractivity contribution in [3.8, 4) is 0 Å². The Morgan fingerprint density at radius 3 is 2.88 bits per heavy atom. The molecule has 0 spiro atoms. The molecule has 1 aromatic rings. The van der Waals surface area contributed by atoms with E-state index in [2.05, 4.69) is 49.6 Å². The molecule has 1 atom stereocenters. The molecule has 0 aromatic heterocycles. The molecule has 0 fully saturated rings. The van der Waals surface area contributed by atoms with E-state index in [4.69, 9.17) is 0 Å². The lowest BCUT2D eigenvalue weighted by Crippen LogP contribution is -2.19. The standard InChI is InChI=1S/C15H17N/c1-10-9-16-11(2)7-15-13-6-4-3-5-12(13)8-14(10)15/h3-6,9,11,16H,7-8H2,1-2H3. The van der Waals surface area contributed by atoms with Gasteiger partial charge in [-0.25, -0.2) is 0 Å². The van der Waals surface area contributed by atoms with E-state index in [1.54, 1.807) is 5.57 Å². The fourth-order valence-electron chi connectivity index (χ4n) is 2.76. The van der Waals surface area contributed by atoms with Crippen molar-refractivity contribution >= 4 is 5.57 Å². The highest BCUT2D eigenvalue weighted by Crippen LogP contribution is 2.39. The fraction of sp³-hybridized carbons (Fsp3) is 0.333. The van der Waals surface area contributed by atoms with Crippen molar-refractivity contribution in [3.05, 3.63) is 52.7 Å². The monoisotopic (exact) mass is 211 g/mol. The Kier molecular flexibility index (Phi) is 2.13. The molecule has 1 aliphatic heterocycles. The van der Waals surface area contributed by atoms with Gasteiger partial charge in [0.25, 0.3) is 0 Å². The lowest BCUT2D eigenvalue weighted by molar-refractivity contribution is 0.658. The van der Waals surface area contributed by atoms with Crippen LogP contribution in [-0.2, 0) is 6.42 Å². The summed E-state index contributed by atoms with van der Waals surface area (Å²) in [5, 5.41) is 3.45. The van der Waals surface area contributed by atoms with Crippen molar-refractivity contribution in [2.75, 3.05) is 0 Å². The normalized spacial score (nSPS) is 23.1. The van der Waals surface area contributed by atoms with Gasteiger partial charge in [0.1, 0.15) is 0 Å². The van der Waals surface area contributed by atoms with E-state index < -0.39 is 0 Å². The molecule has 1 N–H and O–H groups in total. The van der Waals surface area contributed by atoms with Gasteiger partial charge in [-0.3, -0.25) is 0 Å². The van der Waals surface area contributed by atoms with Gasteiger partial charge in [-0.2, -0.15) is 0 Å². The highest BCUT2D eigenvalue weighted by Gasteiger charge is 2.24. The summed E-state index contributed by atoms with van der Waals surface area (Å²) < 4.78 is 0. The molecule has 1 aliphatic carbocycles. The molecule has 1 heterocycles. The van der Waals surface area contributed by atoms with Gasteiger partial charge in [-0.05, 0) is 60.7 Å². The first kappa shape index (κ1) is 9.71. The molecule has 0 radical (unpaired) electrons. The van der Waals surface area contributed by atoms with Gasteiger partial charge in [0.05, 0.1) is 0 Å². The predicted octanol–water partition coefficient (Wildman–Crippen LogP) is 3.28. The van der Waals surface area contributed by atoms with E-state index in [1.807, 2.05) is 0 Å². The van der Waals surface area contributed by atoms with Gasteiger partial charge in [-0.15, -0.1) is 0 Å². The number of hydrogen-bond acceptors (Lipinski definition) is 1. The second-order valence-corrected chi connectivity index (χ2v) is 4.89. The maximum absolute atomic E-state index is 3.45. The first-order valence-electron chi connectivity index (χ1n) is 5.99. The number of rotatable bonds is 0. The summed E-state index contributed by atoms with van der Waals surface area (Å²) in [7, 11) is 0. The van der Waals surface area contributed by atoms with Gasteiger partial charge in [-0.1, -0.05) is 24.3 Å².